The monoisotopic (exact) mass is 338 g/mol. The molecule has 1 saturated heterocycles. The molecular weight excluding hydrogens is 312 g/mol. The van der Waals surface area contributed by atoms with Crippen LogP contribution in [0.4, 0.5) is 5.82 Å². The smallest absolute Gasteiger partial charge is 0.251 e. The molecule has 0 saturated carbocycles. The molecule has 1 aromatic heterocycles. The van der Waals surface area contributed by atoms with E-state index in [1.807, 2.05) is 30.3 Å². The van der Waals surface area contributed by atoms with E-state index in [0.717, 1.165) is 30.2 Å². The van der Waals surface area contributed by atoms with Gasteiger partial charge in [-0.2, -0.15) is 0 Å². The van der Waals surface area contributed by atoms with Crippen LogP contribution in [0.25, 0.3) is 11.3 Å². The molecule has 1 fully saturated rings. The zero-order valence-electron chi connectivity index (χ0n) is 15.0. The second kappa shape index (κ2) is 8.10. The summed E-state index contributed by atoms with van der Waals surface area (Å²) in [6.45, 7) is 6.97. The Balaban J connectivity index is 1.72. The van der Waals surface area contributed by atoms with Gasteiger partial charge in [0.1, 0.15) is 12.1 Å². The number of hydrogen-bond donors (Lipinski definition) is 1. The summed E-state index contributed by atoms with van der Waals surface area (Å²) in [5.41, 5.74) is 2.57. The average molecular weight is 338 g/mol. The van der Waals surface area contributed by atoms with Gasteiger partial charge in [0.05, 0.1) is 5.69 Å². The molecule has 0 aliphatic carbocycles. The number of aromatic nitrogens is 2. The molecule has 5 heteroatoms. The Hall–Kier alpha value is -2.43. The van der Waals surface area contributed by atoms with Gasteiger partial charge in [-0.25, -0.2) is 9.97 Å². The Morgan fingerprint density at radius 3 is 2.52 bits per heavy atom. The normalized spacial score (nSPS) is 14.6. The van der Waals surface area contributed by atoms with Crippen LogP contribution in [0.1, 0.15) is 43.5 Å². The maximum atomic E-state index is 12.1. The SMILES string of the molecule is CC(C)CNC(=O)c1ccc(-c2cc(N3CCCCC3)ncn2)cc1. The standard InChI is InChI=1S/C20H26N4O/c1-15(2)13-21-20(25)17-8-6-16(7-9-17)18-12-19(23-14-22-18)24-10-4-3-5-11-24/h6-9,12,14-15H,3-5,10-11,13H2,1-2H3,(H,21,25). The third-order valence-electron chi connectivity index (χ3n) is 4.45. The molecule has 1 amide bonds. The van der Waals surface area contributed by atoms with Crippen molar-refractivity contribution in [2.75, 3.05) is 24.5 Å². The second-order valence-corrected chi connectivity index (χ2v) is 6.99. The lowest BCUT2D eigenvalue weighted by atomic mass is 10.1. The lowest BCUT2D eigenvalue weighted by molar-refractivity contribution is 0.0949. The number of piperidine rings is 1. The van der Waals surface area contributed by atoms with Crippen LogP contribution in [-0.2, 0) is 0 Å². The van der Waals surface area contributed by atoms with Gasteiger partial charge < -0.3 is 10.2 Å². The van der Waals surface area contributed by atoms with Crippen LogP contribution < -0.4 is 10.2 Å². The minimum Gasteiger partial charge on any atom is -0.357 e. The van der Waals surface area contributed by atoms with E-state index in [1.54, 1.807) is 6.33 Å². The molecule has 2 aromatic rings. The molecule has 3 rings (SSSR count). The minimum atomic E-state index is -0.0306. The molecule has 2 heterocycles. The highest BCUT2D eigenvalue weighted by atomic mass is 16.1. The first-order valence-corrected chi connectivity index (χ1v) is 9.09. The van der Waals surface area contributed by atoms with Crippen LogP contribution in [0.3, 0.4) is 0 Å². The number of carbonyl (C=O) groups is 1. The van der Waals surface area contributed by atoms with E-state index in [2.05, 4.69) is 34.0 Å². The molecule has 0 radical (unpaired) electrons. The quantitative estimate of drug-likeness (QED) is 0.906. The zero-order valence-corrected chi connectivity index (χ0v) is 15.0. The van der Waals surface area contributed by atoms with E-state index < -0.39 is 0 Å². The van der Waals surface area contributed by atoms with Crippen LogP contribution in [-0.4, -0.2) is 35.5 Å². The van der Waals surface area contributed by atoms with Gasteiger partial charge in [0.2, 0.25) is 0 Å². The highest BCUT2D eigenvalue weighted by Crippen LogP contribution is 2.23. The first-order valence-electron chi connectivity index (χ1n) is 9.09. The van der Waals surface area contributed by atoms with Crippen molar-refractivity contribution in [1.29, 1.82) is 0 Å². The fourth-order valence-electron chi connectivity index (χ4n) is 2.99. The van der Waals surface area contributed by atoms with Gasteiger partial charge in [-0.15, -0.1) is 0 Å². The molecule has 0 unspecified atom stereocenters. The Morgan fingerprint density at radius 1 is 1.12 bits per heavy atom. The highest BCUT2D eigenvalue weighted by Gasteiger charge is 2.13. The van der Waals surface area contributed by atoms with E-state index in [0.29, 0.717) is 18.0 Å². The molecule has 0 atom stereocenters. The summed E-state index contributed by atoms with van der Waals surface area (Å²) >= 11 is 0. The molecular formula is C20H26N4O. The molecule has 0 bridgehead atoms. The molecule has 1 N–H and O–H groups in total. The van der Waals surface area contributed by atoms with Crippen molar-refractivity contribution in [2.24, 2.45) is 5.92 Å². The number of nitrogens with zero attached hydrogens (tertiary/aromatic N) is 3. The lowest BCUT2D eigenvalue weighted by Gasteiger charge is -2.27. The summed E-state index contributed by atoms with van der Waals surface area (Å²) < 4.78 is 0. The molecule has 1 aliphatic rings. The number of carbonyl (C=O) groups excluding carboxylic acids is 1. The maximum Gasteiger partial charge on any atom is 0.251 e. The van der Waals surface area contributed by atoms with E-state index in [-0.39, 0.29) is 5.91 Å². The van der Waals surface area contributed by atoms with Crippen LogP contribution in [0.15, 0.2) is 36.7 Å². The van der Waals surface area contributed by atoms with Gasteiger partial charge in [0.15, 0.2) is 0 Å². The van der Waals surface area contributed by atoms with Gasteiger partial charge in [-0.05, 0) is 37.3 Å². The molecule has 1 aliphatic heterocycles. The predicted octanol–water partition coefficient (Wildman–Crippen LogP) is 3.52. The largest absolute Gasteiger partial charge is 0.357 e. The Bertz CT molecular complexity index is 706. The Morgan fingerprint density at radius 2 is 1.84 bits per heavy atom. The third-order valence-corrected chi connectivity index (χ3v) is 4.45. The number of nitrogens with one attached hydrogen (secondary N) is 1. The predicted molar refractivity (Wildman–Crippen MR) is 101 cm³/mol. The van der Waals surface area contributed by atoms with Gasteiger partial charge in [0.25, 0.3) is 5.91 Å². The minimum absolute atomic E-state index is 0.0306. The van der Waals surface area contributed by atoms with E-state index in [1.165, 1.54) is 19.3 Å². The fourth-order valence-corrected chi connectivity index (χ4v) is 2.99. The highest BCUT2D eigenvalue weighted by molar-refractivity contribution is 5.94. The van der Waals surface area contributed by atoms with Gasteiger partial charge in [-0.1, -0.05) is 26.0 Å². The summed E-state index contributed by atoms with van der Waals surface area (Å²) in [6.07, 6.45) is 5.37. The van der Waals surface area contributed by atoms with Crippen molar-refractivity contribution < 1.29 is 4.79 Å². The van der Waals surface area contributed by atoms with Crippen LogP contribution >= 0.6 is 0 Å². The summed E-state index contributed by atoms with van der Waals surface area (Å²) in [5.74, 6) is 1.40. The fraction of sp³-hybridized carbons (Fsp3) is 0.450. The van der Waals surface area contributed by atoms with Crippen molar-refractivity contribution in [1.82, 2.24) is 15.3 Å². The number of rotatable bonds is 5. The Labute approximate surface area is 149 Å². The first kappa shape index (κ1) is 17.4. The molecule has 1 aromatic carbocycles. The van der Waals surface area contributed by atoms with Crippen LogP contribution in [0.5, 0.6) is 0 Å². The summed E-state index contributed by atoms with van der Waals surface area (Å²) in [4.78, 5) is 23.3. The van der Waals surface area contributed by atoms with Crippen LogP contribution in [0.2, 0.25) is 0 Å². The van der Waals surface area contributed by atoms with E-state index >= 15 is 0 Å². The van der Waals surface area contributed by atoms with Crippen LogP contribution in [0, 0.1) is 5.92 Å². The third kappa shape index (κ3) is 4.56. The Kier molecular flexibility index (Phi) is 5.64. The van der Waals surface area contributed by atoms with E-state index in [9.17, 15) is 4.79 Å². The van der Waals surface area contributed by atoms with Crippen molar-refractivity contribution in [2.45, 2.75) is 33.1 Å². The van der Waals surface area contributed by atoms with Gasteiger partial charge >= 0.3 is 0 Å². The van der Waals surface area contributed by atoms with E-state index in [4.69, 9.17) is 0 Å². The van der Waals surface area contributed by atoms with Crippen molar-refractivity contribution in [3.63, 3.8) is 0 Å². The zero-order chi connectivity index (χ0) is 17.6. The number of anilines is 1. The van der Waals surface area contributed by atoms with Crippen molar-refractivity contribution in [3.8, 4) is 11.3 Å². The average Bonchev–Trinajstić information content (AvgIpc) is 2.67. The summed E-state index contributed by atoms with van der Waals surface area (Å²) in [7, 11) is 0. The molecule has 25 heavy (non-hydrogen) atoms. The van der Waals surface area contributed by atoms with Crippen molar-refractivity contribution >= 4 is 11.7 Å². The number of benzene rings is 1. The topological polar surface area (TPSA) is 58.1 Å². The van der Waals surface area contributed by atoms with Gasteiger partial charge in [0, 0.05) is 36.8 Å². The lowest BCUT2D eigenvalue weighted by Crippen LogP contribution is -2.30. The molecule has 132 valence electrons. The maximum absolute atomic E-state index is 12.1. The molecule has 5 nitrogen and oxygen atoms in total. The van der Waals surface area contributed by atoms with Gasteiger partial charge in [-0.3, -0.25) is 4.79 Å². The van der Waals surface area contributed by atoms with Crippen molar-refractivity contribution in [3.05, 3.63) is 42.2 Å². The number of amides is 1. The second-order valence-electron chi connectivity index (χ2n) is 6.99. The summed E-state index contributed by atoms with van der Waals surface area (Å²) in [5, 5.41) is 2.94. The number of hydrogen-bond acceptors (Lipinski definition) is 4. The first-order chi connectivity index (χ1) is 12.1. The molecule has 0 spiro atoms. The summed E-state index contributed by atoms with van der Waals surface area (Å²) in [6, 6.07) is 9.65.